The molecule has 2 heterocycles. The predicted molar refractivity (Wildman–Crippen MR) is 91.8 cm³/mol. The summed E-state index contributed by atoms with van der Waals surface area (Å²) in [7, 11) is 1.92. The Balaban J connectivity index is 2.13. The van der Waals surface area contributed by atoms with Crippen LogP contribution in [0.2, 0.25) is 0 Å². The molecule has 1 aliphatic heterocycles. The van der Waals surface area contributed by atoms with E-state index in [4.69, 9.17) is 0 Å². The van der Waals surface area contributed by atoms with Crippen LogP contribution < -0.4 is 0 Å². The van der Waals surface area contributed by atoms with E-state index in [1.54, 1.807) is 0 Å². The molecule has 0 aliphatic carbocycles. The highest BCUT2D eigenvalue weighted by Crippen LogP contribution is 2.35. The number of aryl methyl sites for hydroxylation is 2. The molecule has 0 N–H and O–H groups in total. The Morgan fingerprint density at radius 3 is 2.70 bits per heavy atom. The van der Waals surface area contributed by atoms with Crippen molar-refractivity contribution in [3.05, 3.63) is 15.9 Å². The number of hydrogen-bond acceptors (Lipinski definition) is 4. The average molecular weight is 377 g/mol. The number of hydrogen-bond donors (Lipinski definition) is 0. The second-order valence-electron chi connectivity index (χ2n) is 4.94. The third kappa shape index (κ3) is 3.45. The zero-order chi connectivity index (χ0) is 14.7. The molecule has 0 aromatic carbocycles. The van der Waals surface area contributed by atoms with Gasteiger partial charge < -0.3 is 0 Å². The first-order valence-electron chi connectivity index (χ1n) is 7.04. The Labute approximate surface area is 137 Å². The van der Waals surface area contributed by atoms with E-state index < -0.39 is 0 Å². The zero-order valence-electron chi connectivity index (χ0n) is 12.2. The Bertz CT molecular complexity index is 490. The third-order valence-corrected chi connectivity index (χ3v) is 7.82. The summed E-state index contributed by atoms with van der Waals surface area (Å²) in [6, 6.07) is 0. The molecule has 0 bridgehead atoms. The van der Waals surface area contributed by atoms with Crippen molar-refractivity contribution >= 4 is 45.2 Å². The summed E-state index contributed by atoms with van der Waals surface area (Å²) in [6.07, 6.45) is 2.44. The van der Waals surface area contributed by atoms with E-state index in [0.29, 0.717) is 17.5 Å². The van der Waals surface area contributed by atoms with Crippen LogP contribution in [0, 0.1) is 0 Å². The minimum atomic E-state index is 0.144. The van der Waals surface area contributed by atoms with Crippen molar-refractivity contribution in [2.45, 2.75) is 43.6 Å². The van der Waals surface area contributed by atoms with Gasteiger partial charge in [-0.1, -0.05) is 13.8 Å². The SMILES string of the molecule is CCc1nn(C)c(CC(=O)C2SCCSC2CC)c1Br. The van der Waals surface area contributed by atoms with Gasteiger partial charge in [-0.2, -0.15) is 16.9 Å². The normalized spacial score (nSPS) is 23.0. The summed E-state index contributed by atoms with van der Waals surface area (Å²) in [6.45, 7) is 4.26. The van der Waals surface area contributed by atoms with Crippen molar-refractivity contribution in [3.63, 3.8) is 0 Å². The molecule has 6 heteroatoms. The van der Waals surface area contributed by atoms with Crippen LogP contribution in [0.3, 0.4) is 0 Å². The molecular formula is C14H21BrN2OS2. The quantitative estimate of drug-likeness (QED) is 0.787. The van der Waals surface area contributed by atoms with Crippen molar-refractivity contribution < 1.29 is 4.79 Å². The Morgan fingerprint density at radius 2 is 2.10 bits per heavy atom. The van der Waals surface area contributed by atoms with Gasteiger partial charge in [0.2, 0.25) is 0 Å². The molecule has 1 saturated heterocycles. The minimum absolute atomic E-state index is 0.144. The van der Waals surface area contributed by atoms with Crippen molar-refractivity contribution in [3.8, 4) is 0 Å². The molecule has 0 amide bonds. The summed E-state index contributed by atoms with van der Waals surface area (Å²) < 4.78 is 2.86. The van der Waals surface area contributed by atoms with Gasteiger partial charge in [-0.25, -0.2) is 0 Å². The van der Waals surface area contributed by atoms with Crippen LogP contribution >= 0.6 is 39.5 Å². The number of nitrogens with zero attached hydrogens (tertiary/aromatic N) is 2. The molecule has 0 spiro atoms. The molecule has 1 aliphatic rings. The molecule has 3 nitrogen and oxygen atoms in total. The molecule has 0 radical (unpaired) electrons. The van der Waals surface area contributed by atoms with Gasteiger partial charge in [-0.15, -0.1) is 11.8 Å². The summed E-state index contributed by atoms with van der Waals surface area (Å²) >= 11 is 7.38. The lowest BCUT2D eigenvalue weighted by Crippen LogP contribution is -2.34. The molecular weight excluding hydrogens is 356 g/mol. The van der Waals surface area contributed by atoms with Gasteiger partial charge in [0.1, 0.15) is 0 Å². The van der Waals surface area contributed by atoms with Crippen LogP contribution in [-0.2, 0) is 24.7 Å². The Morgan fingerprint density at radius 1 is 1.40 bits per heavy atom. The number of aromatic nitrogens is 2. The van der Waals surface area contributed by atoms with Crippen LogP contribution in [0.5, 0.6) is 0 Å². The molecule has 1 aromatic heterocycles. The predicted octanol–water partition coefficient (Wildman–Crippen LogP) is 3.48. The van der Waals surface area contributed by atoms with Crippen LogP contribution in [0.15, 0.2) is 4.47 Å². The van der Waals surface area contributed by atoms with E-state index in [0.717, 1.165) is 34.5 Å². The third-order valence-electron chi connectivity index (χ3n) is 3.61. The maximum Gasteiger partial charge on any atom is 0.152 e. The van der Waals surface area contributed by atoms with Crippen LogP contribution in [0.25, 0.3) is 0 Å². The van der Waals surface area contributed by atoms with Crippen LogP contribution in [0.4, 0.5) is 0 Å². The van der Waals surface area contributed by atoms with Crippen molar-refractivity contribution in [2.75, 3.05) is 11.5 Å². The second kappa shape index (κ2) is 7.36. The highest BCUT2D eigenvalue weighted by molar-refractivity contribution is 9.10. The minimum Gasteiger partial charge on any atom is -0.298 e. The maximum absolute atomic E-state index is 12.6. The molecule has 20 heavy (non-hydrogen) atoms. The molecule has 1 aromatic rings. The second-order valence-corrected chi connectivity index (χ2v) is 8.33. The van der Waals surface area contributed by atoms with Crippen LogP contribution in [0.1, 0.15) is 31.7 Å². The smallest absolute Gasteiger partial charge is 0.152 e. The fourth-order valence-electron chi connectivity index (χ4n) is 2.48. The fourth-order valence-corrected chi connectivity index (χ4v) is 6.27. The summed E-state index contributed by atoms with van der Waals surface area (Å²) in [5.41, 5.74) is 2.05. The molecule has 2 rings (SSSR count). The number of halogens is 1. The van der Waals surface area contributed by atoms with Crippen molar-refractivity contribution in [2.24, 2.45) is 7.05 Å². The monoisotopic (exact) mass is 376 g/mol. The number of carbonyl (C=O) groups is 1. The van der Waals surface area contributed by atoms with Gasteiger partial charge in [0.05, 0.1) is 27.5 Å². The first-order chi connectivity index (χ1) is 9.58. The van der Waals surface area contributed by atoms with Gasteiger partial charge in [0.15, 0.2) is 5.78 Å². The van der Waals surface area contributed by atoms with E-state index in [1.807, 2.05) is 35.3 Å². The highest BCUT2D eigenvalue weighted by Gasteiger charge is 2.31. The van der Waals surface area contributed by atoms with Crippen LogP contribution in [-0.4, -0.2) is 37.6 Å². The average Bonchev–Trinajstić information content (AvgIpc) is 2.74. The molecule has 0 saturated carbocycles. The first-order valence-corrected chi connectivity index (χ1v) is 9.93. The summed E-state index contributed by atoms with van der Waals surface area (Å²) in [4.78, 5) is 12.6. The zero-order valence-corrected chi connectivity index (χ0v) is 15.4. The number of Topliss-reactive ketones (excluding diaryl/α,β-unsaturated/α-hetero) is 1. The summed E-state index contributed by atoms with van der Waals surface area (Å²) in [5.74, 6) is 2.60. The molecule has 1 fully saturated rings. The van der Waals surface area contributed by atoms with Crippen molar-refractivity contribution in [1.29, 1.82) is 0 Å². The topological polar surface area (TPSA) is 34.9 Å². The van der Waals surface area contributed by atoms with Crippen molar-refractivity contribution in [1.82, 2.24) is 9.78 Å². The highest BCUT2D eigenvalue weighted by atomic mass is 79.9. The van der Waals surface area contributed by atoms with E-state index >= 15 is 0 Å². The number of carbonyl (C=O) groups excluding carboxylic acids is 1. The fraction of sp³-hybridized carbons (Fsp3) is 0.714. The van der Waals surface area contributed by atoms with E-state index in [9.17, 15) is 4.79 Å². The van der Waals surface area contributed by atoms with Gasteiger partial charge in [-0.05, 0) is 28.8 Å². The van der Waals surface area contributed by atoms with Gasteiger partial charge in [0.25, 0.3) is 0 Å². The standard InChI is InChI=1S/C14H21BrN2OS2/c1-4-9-13(15)10(17(3)16-9)8-11(18)14-12(5-2)19-6-7-20-14/h12,14H,4-8H2,1-3H3. The lowest BCUT2D eigenvalue weighted by atomic mass is 10.1. The van der Waals surface area contributed by atoms with Gasteiger partial charge >= 0.3 is 0 Å². The van der Waals surface area contributed by atoms with Gasteiger partial charge in [0, 0.05) is 23.8 Å². The number of rotatable bonds is 5. The van der Waals surface area contributed by atoms with E-state index in [1.165, 1.54) is 5.75 Å². The Kier molecular flexibility index (Phi) is 6.05. The van der Waals surface area contributed by atoms with Gasteiger partial charge in [-0.3, -0.25) is 9.48 Å². The largest absolute Gasteiger partial charge is 0.298 e. The lowest BCUT2D eigenvalue weighted by molar-refractivity contribution is -0.118. The number of thioether (sulfide) groups is 2. The summed E-state index contributed by atoms with van der Waals surface area (Å²) in [5, 5.41) is 5.09. The maximum atomic E-state index is 12.6. The number of ketones is 1. The lowest BCUT2D eigenvalue weighted by Gasteiger charge is -2.28. The van der Waals surface area contributed by atoms with E-state index in [-0.39, 0.29) is 5.25 Å². The molecule has 2 unspecified atom stereocenters. The Hall–Kier alpha value is 0.0600. The molecule has 2 atom stereocenters. The first kappa shape index (κ1) is 16.4. The van der Waals surface area contributed by atoms with E-state index in [2.05, 4.69) is 34.9 Å². The molecule has 112 valence electrons.